The summed E-state index contributed by atoms with van der Waals surface area (Å²) in [5, 5.41) is 5.59. The number of hydrogen-bond acceptors (Lipinski definition) is 0. The Kier molecular flexibility index (Phi) is 26.1. The monoisotopic (exact) mass is 1140 g/mol. The zero-order valence-corrected chi connectivity index (χ0v) is 78.5. The molecule has 0 aromatic heterocycles. The SMILES string of the molecule is C[SiH2][Si]1(C)C([SiH3])C([SiH3])C[SiH](C)[SiH]1C.C[SiH2][Si]1(C)C([SiH3])C([SiH3])C[SiH](C)[Si]1(C)[SiH2]C.C[SiH2][Si]1(C[SiH3])C([SiH3])C([SiH3])C[SiH](C)[SiH]1C.C[SiH]1CC([SiH3])C([SiH3])[SiH](C)[SiH]1C. The Labute approximate surface area is 387 Å². The van der Waals surface area contributed by atoms with Crippen molar-refractivity contribution in [2.75, 3.05) is 0 Å². The van der Waals surface area contributed by atoms with Crippen LogP contribution in [0.4, 0.5) is 0 Å². The fraction of sp³-hybridized carbons (Fsp3) is 1.00. The van der Waals surface area contributed by atoms with Crippen LogP contribution < -0.4 is 0 Å². The van der Waals surface area contributed by atoms with Crippen molar-refractivity contribution in [1.82, 2.24) is 0 Å². The van der Waals surface area contributed by atoms with E-state index in [-0.39, 0.29) is 65.1 Å². The van der Waals surface area contributed by atoms with Crippen LogP contribution in [-0.4, -0.2) is 221 Å². The van der Waals surface area contributed by atoms with Crippen molar-refractivity contribution in [1.29, 1.82) is 0 Å². The van der Waals surface area contributed by atoms with Gasteiger partial charge in [0.2, 0.25) is 0 Å². The largest absolute Gasteiger partial charge is 0.0770 e. The summed E-state index contributed by atoms with van der Waals surface area (Å²) in [6.07, 6.45) is 0. The van der Waals surface area contributed by atoms with Crippen molar-refractivity contribution in [2.45, 2.75) is 171 Å². The fourth-order valence-electron chi connectivity index (χ4n) is 14.2. The Bertz CT molecular complexity index is 1030. The summed E-state index contributed by atoms with van der Waals surface area (Å²) in [6, 6.07) is 7.16. The van der Waals surface area contributed by atoms with Crippen molar-refractivity contribution in [3.05, 3.63) is 0 Å². The van der Waals surface area contributed by atoms with Gasteiger partial charge in [0.25, 0.3) is 0 Å². The second kappa shape index (κ2) is 24.5. The second-order valence-corrected chi connectivity index (χ2v) is 173. The van der Waals surface area contributed by atoms with E-state index in [4.69, 9.17) is 0 Å². The molecule has 20 atom stereocenters. The Morgan fingerprint density at radius 3 is 1.42 bits per heavy atom. The molecule has 4 heterocycles. The third-order valence-corrected chi connectivity index (χ3v) is 315. The fourth-order valence-corrected chi connectivity index (χ4v) is 371. The Balaban J connectivity index is 0.000000355. The topological polar surface area (TPSA) is 0 Å². The van der Waals surface area contributed by atoms with Gasteiger partial charge >= 0.3 is 0 Å². The first kappa shape index (κ1) is 56.4. The second-order valence-electron chi connectivity index (χ2n) is 22.5. The van der Waals surface area contributed by atoms with Crippen LogP contribution in [0, 0.1) is 0 Å². The average molecular weight is 1150 g/mol. The minimum Gasteiger partial charge on any atom is -0.0770 e. The van der Waals surface area contributed by atoms with E-state index in [9.17, 15) is 0 Å². The molecule has 0 nitrogen and oxygen atoms in total. The van der Waals surface area contributed by atoms with Gasteiger partial charge in [-0.05, 0) is 10.2 Å². The predicted molar refractivity (Wildman–Crippen MR) is 346 cm³/mol. The van der Waals surface area contributed by atoms with Crippen LogP contribution in [0.5, 0.6) is 0 Å². The summed E-state index contributed by atoms with van der Waals surface area (Å²) >= 11 is 0. The van der Waals surface area contributed by atoms with Crippen molar-refractivity contribution in [3.8, 4) is 0 Å². The molecule has 4 fully saturated rings. The molecular weight excluding hydrogens is 1040 g/mol. The lowest BCUT2D eigenvalue weighted by molar-refractivity contribution is 0.974. The highest BCUT2D eigenvalue weighted by Gasteiger charge is 2.56. The average Bonchev–Trinajstić information content (AvgIpc) is 3.13. The Morgan fingerprint density at radius 2 is 0.981 bits per heavy atom. The molecule has 0 saturated carbocycles. The first-order chi connectivity index (χ1) is 24.3. The molecule has 0 spiro atoms. The van der Waals surface area contributed by atoms with Crippen molar-refractivity contribution in [2.24, 2.45) is 0 Å². The molecule has 0 radical (unpaired) electrons. The van der Waals surface area contributed by atoms with Crippen LogP contribution in [-0.2, 0) is 0 Å². The van der Waals surface area contributed by atoms with E-state index in [1.165, 1.54) is 63.3 Å². The van der Waals surface area contributed by atoms with Gasteiger partial charge in [-0.1, -0.05) is 171 Å². The van der Waals surface area contributed by atoms with Crippen molar-refractivity contribution < 1.29 is 0 Å². The predicted octanol–water partition coefficient (Wildman–Crippen LogP) is -7.27. The minimum absolute atomic E-state index is 0.0444. The quantitative estimate of drug-likeness (QED) is 0.241. The molecule has 0 amide bonds. The minimum atomic E-state index is -0.596. The van der Waals surface area contributed by atoms with Crippen LogP contribution in [0.3, 0.4) is 0 Å². The van der Waals surface area contributed by atoms with Gasteiger partial charge < -0.3 is 0 Å². The van der Waals surface area contributed by atoms with E-state index in [2.05, 4.69) is 98.2 Å². The molecule has 4 aliphatic heterocycles. The van der Waals surface area contributed by atoms with Crippen molar-refractivity contribution in [3.63, 3.8) is 0 Å². The standard InChI is InChI=1S/C8H30Si7.C7H28Si7.C7H26Si6.C6H22Si5/c1-11-14(4)8(10)7(9)6-13(3)15(14,5)12-2;1-11-14(5-8)7(10)6(9)4-12(2)13(14)3;1-10-13(4)7(9)6(8)5-11(2)12(13)3;1-9-4-5(7)6(8)10(2)11(9)3/h7-8,13H,6,11-12H2,1-5,9-10H3;6-7,12-13H,4-5,11H2,1-3,8-10H3;6-7,11-12H,5,10H2,1-4,8-9H3;5-6,9-11H,4H2,1-3,7-8H3. The van der Waals surface area contributed by atoms with Gasteiger partial charge in [-0.25, -0.2) is 0 Å². The molecule has 53 heavy (non-hydrogen) atoms. The van der Waals surface area contributed by atoms with Gasteiger partial charge in [-0.15, -0.1) is 0 Å². The van der Waals surface area contributed by atoms with E-state index in [1.54, 1.807) is 95.9 Å². The Morgan fingerprint density at radius 1 is 0.528 bits per heavy atom. The first-order valence-corrected chi connectivity index (χ1v) is 90.1. The molecule has 0 aromatic rings. The zero-order valence-electron chi connectivity index (χ0n) is 41.6. The normalized spacial score (nSPS) is 52.8. The maximum atomic E-state index is 2.93. The molecule has 318 valence electrons. The van der Waals surface area contributed by atoms with Crippen LogP contribution in [0.1, 0.15) is 0 Å². The van der Waals surface area contributed by atoms with Gasteiger partial charge in [0, 0.05) is 211 Å². The van der Waals surface area contributed by atoms with E-state index >= 15 is 0 Å². The third-order valence-electron chi connectivity index (χ3n) is 21.5. The van der Waals surface area contributed by atoms with E-state index in [0.717, 1.165) is 0 Å². The molecule has 0 bridgehead atoms. The molecule has 0 aliphatic carbocycles. The van der Waals surface area contributed by atoms with E-state index < -0.39 is 28.0 Å². The summed E-state index contributed by atoms with van der Waals surface area (Å²) in [6.45, 7) is 41.0. The molecule has 0 N–H and O–H groups in total. The van der Waals surface area contributed by atoms with Gasteiger partial charge in [0.05, 0.1) is 0 Å². The molecule has 25 heteroatoms. The molecule has 0 aromatic carbocycles. The van der Waals surface area contributed by atoms with Crippen LogP contribution in [0.15, 0.2) is 0 Å². The highest BCUT2D eigenvalue weighted by Crippen LogP contribution is 2.45. The molecule has 4 rings (SSSR count). The lowest BCUT2D eigenvalue weighted by Gasteiger charge is -2.56. The summed E-state index contributed by atoms with van der Waals surface area (Å²) in [5.74, 6) is 0. The maximum absolute atomic E-state index is 2.93. The molecular formula is C28H106Si25. The van der Waals surface area contributed by atoms with Gasteiger partial charge in [-0.2, -0.15) is 0 Å². The van der Waals surface area contributed by atoms with Gasteiger partial charge in [-0.3, -0.25) is 0 Å². The number of rotatable bonds is 5. The highest BCUT2D eigenvalue weighted by molar-refractivity contribution is 7.89. The van der Waals surface area contributed by atoms with Crippen LogP contribution in [0.2, 0.25) is 171 Å². The van der Waals surface area contributed by atoms with Crippen LogP contribution >= 0.6 is 0 Å². The highest BCUT2D eigenvalue weighted by atomic mass is 30.0. The summed E-state index contributed by atoms with van der Waals surface area (Å²) in [4.78, 5) is 0. The molecule has 4 aliphatic rings. The maximum Gasteiger partial charge on any atom is 0.0260 e. The summed E-state index contributed by atoms with van der Waals surface area (Å²) in [7, 11) is 13.1. The zero-order chi connectivity index (χ0) is 41.6. The van der Waals surface area contributed by atoms with Gasteiger partial charge in [0.15, 0.2) is 0 Å². The van der Waals surface area contributed by atoms with Crippen molar-refractivity contribution >= 4 is 221 Å². The Hall–Kier alpha value is 5.42. The van der Waals surface area contributed by atoms with E-state index in [0.29, 0.717) is 36.1 Å². The number of hydrogen-bond donors (Lipinski definition) is 0. The molecule has 20 unspecified atom stereocenters. The summed E-state index contributed by atoms with van der Waals surface area (Å²) < 4.78 is 0. The molecule has 4 saturated heterocycles. The van der Waals surface area contributed by atoms with Crippen LogP contribution in [0.25, 0.3) is 0 Å². The lowest BCUT2D eigenvalue weighted by atomic mass is 10.5. The summed E-state index contributed by atoms with van der Waals surface area (Å²) in [5.41, 5.74) is 7.10. The third kappa shape index (κ3) is 12.8. The lowest BCUT2D eigenvalue weighted by Crippen LogP contribution is -2.78. The smallest absolute Gasteiger partial charge is 0.0260 e. The first-order valence-electron chi connectivity index (χ1n) is 24.3. The van der Waals surface area contributed by atoms with Gasteiger partial charge in [0.1, 0.15) is 0 Å². The van der Waals surface area contributed by atoms with E-state index in [1.807, 2.05) is 5.67 Å².